The molecule has 1 aliphatic carbocycles. The van der Waals surface area contributed by atoms with Gasteiger partial charge in [-0.15, -0.1) is 0 Å². The third-order valence-electron chi connectivity index (χ3n) is 6.46. The molecule has 2 aromatic rings. The van der Waals surface area contributed by atoms with E-state index in [1.807, 2.05) is 0 Å². The molecule has 33 heavy (non-hydrogen) atoms. The zero-order valence-corrected chi connectivity index (χ0v) is 19.3. The number of fused-ring (bicyclic) bond motifs is 1. The molecule has 1 saturated heterocycles. The van der Waals surface area contributed by atoms with Gasteiger partial charge in [-0.25, -0.2) is 17.1 Å². The highest BCUT2D eigenvalue weighted by Gasteiger charge is 2.48. The predicted octanol–water partition coefficient (Wildman–Crippen LogP) is 3.35. The Hall–Kier alpha value is -2.49. The van der Waals surface area contributed by atoms with Crippen LogP contribution in [0.5, 0.6) is 0 Å². The van der Waals surface area contributed by atoms with E-state index in [9.17, 15) is 22.4 Å². The summed E-state index contributed by atoms with van der Waals surface area (Å²) in [6, 6.07) is 7.85. The molecule has 2 amide bonds. The fourth-order valence-corrected chi connectivity index (χ4v) is 6.78. The average molecular weight is 492 g/mol. The quantitative estimate of drug-likeness (QED) is 0.669. The van der Waals surface area contributed by atoms with Gasteiger partial charge in [-0.1, -0.05) is 17.7 Å². The van der Waals surface area contributed by atoms with E-state index >= 15 is 0 Å². The van der Waals surface area contributed by atoms with Crippen LogP contribution in [0.2, 0.25) is 5.02 Å². The summed E-state index contributed by atoms with van der Waals surface area (Å²) in [7, 11) is -3.96. The zero-order chi connectivity index (χ0) is 23.3. The van der Waals surface area contributed by atoms with E-state index in [0.717, 1.165) is 30.2 Å². The fraction of sp³-hybridized carbons (Fsp3) is 0.391. The number of amides is 2. The van der Waals surface area contributed by atoms with Crippen molar-refractivity contribution in [3.63, 3.8) is 0 Å². The van der Waals surface area contributed by atoms with Crippen molar-refractivity contribution < 1.29 is 22.4 Å². The van der Waals surface area contributed by atoms with Crippen LogP contribution in [-0.2, 0) is 10.0 Å². The third-order valence-corrected chi connectivity index (χ3v) is 8.67. The van der Waals surface area contributed by atoms with Crippen LogP contribution in [0.3, 0.4) is 0 Å². The molecule has 2 aromatic carbocycles. The second-order valence-corrected chi connectivity index (χ2v) is 10.8. The molecule has 10 heteroatoms. The van der Waals surface area contributed by atoms with Gasteiger partial charge in [0.15, 0.2) is 0 Å². The number of halogens is 2. The summed E-state index contributed by atoms with van der Waals surface area (Å²) in [6.07, 6.45) is 3.26. The monoisotopic (exact) mass is 491 g/mol. The van der Waals surface area contributed by atoms with Crippen molar-refractivity contribution in [1.29, 1.82) is 0 Å². The molecule has 2 fully saturated rings. The number of sulfonamides is 1. The largest absolute Gasteiger partial charge is 0.350 e. The molecular weight excluding hydrogens is 469 g/mol. The predicted molar refractivity (Wildman–Crippen MR) is 120 cm³/mol. The van der Waals surface area contributed by atoms with Gasteiger partial charge in [0, 0.05) is 28.7 Å². The molecular formula is C23H23ClFN3O4S. The van der Waals surface area contributed by atoms with Gasteiger partial charge < -0.3 is 5.32 Å². The lowest BCUT2D eigenvalue weighted by molar-refractivity contribution is 0.0863. The van der Waals surface area contributed by atoms with E-state index in [0.29, 0.717) is 23.4 Å². The highest BCUT2D eigenvalue weighted by molar-refractivity contribution is 7.90. The van der Waals surface area contributed by atoms with Crippen LogP contribution >= 0.6 is 11.6 Å². The Kier molecular flexibility index (Phi) is 5.66. The van der Waals surface area contributed by atoms with Gasteiger partial charge in [-0.3, -0.25) is 14.5 Å². The number of nitrogens with one attached hydrogen (secondary N) is 1. The van der Waals surface area contributed by atoms with Crippen LogP contribution in [0.4, 0.5) is 4.39 Å². The van der Waals surface area contributed by atoms with Crippen molar-refractivity contribution in [3.8, 4) is 0 Å². The number of carbonyl (C=O) groups excluding carboxylic acids is 2. The molecule has 2 heterocycles. The molecule has 7 nitrogen and oxygen atoms in total. The number of hydrogen-bond donors (Lipinski definition) is 1. The van der Waals surface area contributed by atoms with Crippen LogP contribution in [0.15, 0.2) is 41.3 Å². The SMILES string of the molecule is O=C(NCC(c1c(F)cccc1Cl)N1CCCC1)c1ccc2c(c1)S(=O)(=O)N(C1CC1)C2=O. The average Bonchev–Trinajstić information content (AvgIpc) is 3.40. The van der Waals surface area contributed by atoms with Crippen molar-refractivity contribution in [2.24, 2.45) is 0 Å². The van der Waals surface area contributed by atoms with Gasteiger partial charge in [-0.2, -0.15) is 0 Å². The molecule has 0 bridgehead atoms. The van der Waals surface area contributed by atoms with E-state index in [1.54, 1.807) is 6.07 Å². The van der Waals surface area contributed by atoms with Crippen LogP contribution in [-0.4, -0.2) is 55.1 Å². The number of hydrogen-bond acceptors (Lipinski definition) is 5. The van der Waals surface area contributed by atoms with Gasteiger partial charge in [0.25, 0.3) is 21.8 Å². The van der Waals surface area contributed by atoms with Crippen LogP contribution in [0, 0.1) is 5.82 Å². The molecule has 2 aliphatic heterocycles. The van der Waals surface area contributed by atoms with Crippen molar-refractivity contribution in [2.45, 2.75) is 42.7 Å². The second kappa shape index (κ2) is 8.38. The maximum atomic E-state index is 14.7. The van der Waals surface area contributed by atoms with Crippen LogP contribution in [0.1, 0.15) is 58.0 Å². The molecule has 1 N–H and O–H groups in total. The van der Waals surface area contributed by atoms with Crippen molar-refractivity contribution >= 4 is 33.4 Å². The first kappa shape index (κ1) is 22.3. The summed E-state index contributed by atoms with van der Waals surface area (Å²) in [5.74, 6) is -1.47. The Labute approximate surface area is 196 Å². The van der Waals surface area contributed by atoms with Crippen molar-refractivity contribution in [3.05, 3.63) is 63.9 Å². The number of nitrogens with zero attached hydrogens (tertiary/aromatic N) is 2. The molecule has 1 saturated carbocycles. The smallest absolute Gasteiger partial charge is 0.269 e. The summed E-state index contributed by atoms with van der Waals surface area (Å²) in [4.78, 5) is 27.4. The minimum Gasteiger partial charge on any atom is -0.350 e. The maximum absolute atomic E-state index is 14.7. The van der Waals surface area contributed by atoms with E-state index in [-0.39, 0.29) is 28.6 Å². The molecule has 5 rings (SSSR count). The van der Waals surface area contributed by atoms with Crippen molar-refractivity contribution in [1.82, 2.24) is 14.5 Å². The topological polar surface area (TPSA) is 86.8 Å². The number of likely N-dealkylation sites (tertiary alicyclic amines) is 1. The summed E-state index contributed by atoms with van der Waals surface area (Å²) < 4.78 is 41.3. The first-order valence-electron chi connectivity index (χ1n) is 11.0. The van der Waals surface area contributed by atoms with E-state index in [2.05, 4.69) is 10.2 Å². The summed E-state index contributed by atoms with van der Waals surface area (Å²) in [6.45, 7) is 1.64. The molecule has 0 spiro atoms. The Morgan fingerprint density at radius 1 is 1.18 bits per heavy atom. The Morgan fingerprint density at radius 2 is 1.91 bits per heavy atom. The third kappa shape index (κ3) is 3.92. The molecule has 3 aliphatic rings. The van der Waals surface area contributed by atoms with Gasteiger partial charge in [0.1, 0.15) is 10.7 Å². The first-order valence-corrected chi connectivity index (χ1v) is 12.8. The minimum atomic E-state index is -3.96. The highest BCUT2D eigenvalue weighted by atomic mass is 35.5. The summed E-state index contributed by atoms with van der Waals surface area (Å²) in [5, 5.41) is 3.10. The lowest BCUT2D eigenvalue weighted by Gasteiger charge is -2.29. The lowest BCUT2D eigenvalue weighted by atomic mass is 10.0. The zero-order valence-electron chi connectivity index (χ0n) is 17.8. The van der Waals surface area contributed by atoms with Gasteiger partial charge in [0.2, 0.25) is 0 Å². The minimum absolute atomic E-state index is 0.0894. The fourth-order valence-electron chi connectivity index (χ4n) is 4.65. The van der Waals surface area contributed by atoms with E-state index < -0.39 is 33.7 Å². The molecule has 1 unspecified atom stereocenters. The maximum Gasteiger partial charge on any atom is 0.269 e. The standard InChI is InChI=1S/C23H23ClFN3O4S/c24-17-4-3-5-18(25)21(17)19(27-10-1-2-11-27)13-26-22(29)14-6-9-16-20(12-14)33(31,32)28(23(16)30)15-7-8-15/h3-6,9,12,15,19H,1-2,7-8,10-11,13H2,(H,26,29). The van der Waals surface area contributed by atoms with Gasteiger partial charge in [0.05, 0.1) is 11.6 Å². The van der Waals surface area contributed by atoms with Gasteiger partial charge >= 0.3 is 0 Å². The highest BCUT2D eigenvalue weighted by Crippen LogP contribution is 2.39. The van der Waals surface area contributed by atoms with E-state index in [4.69, 9.17) is 11.6 Å². The number of benzene rings is 2. The summed E-state index contributed by atoms with van der Waals surface area (Å²) in [5.41, 5.74) is 0.553. The molecule has 0 aromatic heterocycles. The van der Waals surface area contributed by atoms with Crippen molar-refractivity contribution in [2.75, 3.05) is 19.6 Å². The van der Waals surface area contributed by atoms with Crippen LogP contribution in [0.25, 0.3) is 0 Å². The van der Waals surface area contributed by atoms with Gasteiger partial charge in [-0.05, 0) is 69.1 Å². The normalized spacial score (nSPS) is 20.7. The first-order chi connectivity index (χ1) is 15.8. The second-order valence-electron chi connectivity index (χ2n) is 8.65. The number of carbonyl (C=O) groups is 2. The molecule has 1 atom stereocenters. The lowest BCUT2D eigenvalue weighted by Crippen LogP contribution is -2.37. The summed E-state index contributed by atoms with van der Waals surface area (Å²) >= 11 is 6.31. The molecule has 0 radical (unpaired) electrons. The Morgan fingerprint density at radius 3 is 2.58 bits per heavy atom. The van der Waals surface area contributed by atoms with Crippen LogP contribution < -0.4 is 5.32 Å². The van der Waals surface area contributed by atoms with E-state index in [1.165, 1.54) is 30.3 Å². The Balaban J connectivity index is 1.39. The Bertz CT molecular complexity index is 1220. The number of rotatable bonds is 6. The molecule has 174 valence electrons.